The van der Waals surface area contributed by atoms with Crippen LogP contribution in [0, 0.1) is 11.8 Å². The normalized spacial score (nSPS) is 17.0. The van der Waals surface area contributed by atoms with Crippen LogP contribution < -0.4 is 29.4 Å². The molecule has 0 bridgehead atoms. The van der Waals surface area contributed by atoms with Gasteiger partial charge >= 0.3 is 0 Å². The minimum Gasteiger partial charge on any atom is -0.493 e. The van der Waals surface area contributed by atoms with Gasteiger partial charge in [0, 0.05) is 6.26 Å². The van der Waals surface area contributed by atoms with Crippen molar-refractivity contribution in [2.24, 2.45) is 5.73 Å². The summed E-state index contributed by atoms with van der Waals surface area (Å²) in [6, 6.07) is 7.11. The molecule has 1 aliphatic rings. The highest BCUT2D eigenvalue weighted by molar-refractivity contribution is 7.90. The first kappa shape index (κ1) is 28.4. The molecule has 3 rings (SSSR count). The summed E-state index contributed by atoms with van der Waals surface area (Å²) in [4.78, 5) is 0.0556. The zero-order chi connectivity index (χ0) is 27.0. The quantitative estimate of drug-likeness (QED) is 0.430. The van der Waals surface area contributed by atoms with Gasteiger partial charge in [0.15, 0.2) is 32.8 Å². The number of hydrogen-bond donors (Lipinski definition) is 1. The van der Waals surface area contributed by atoms with Gasteiger partial charge < -0.3 is 34.2 Å². The third kappa shape index (κ3) is 6.80. The lowest BCUT2D eigenvalue weighted by atomic mass is 10.0. The fourth-order valence-corrected chi connectivity index (χ4v) is 5.01. The molecular weight excluding hydrogens is 498 g/mol. The number of sulfone groups is 1. The van der Waals surface area contributed by atoms with Crippen molar-refractivity contribution in [3.05, 3.63) is 35.4 Å². The molecule has 2 atom stereocenters. The maximum atomic E-state index is 12.7. The van der Waals surface area contributed by atoms with E-state index in [2.05, 4.69) is 11.8 Å². The average molecular weight is 534 g/mol. The van der Waals surface area contributed by atoms with Crippen LogP contribution >= 0.6 is 0 Å². The molecule has 202 valence electrons. The second-order valence-corrected chi connectivity index (χ2v) is 10.4. The van der Waals surface area contributed by atoms with Crippen molar-refractivity contribution >= 4 is 9.84 Å². The predicted molar refractivity (Wildman–Crippen MR) is 140 cm³/mol. The Labute approximate surface area is 219 Å². The first-order chi connectivity index (χ1) is 17.8. The van der Waals surface area contributed by atoms with E-state index in [4.69, 9.17) is 34.2 Å². The molecule has 9 nitrogen and oxygen atoms in total. The van der Waals surface area contributed by atoms with Crippen molar-refractivity contribution in [2.75, 3.05) is 47.3 Å². The Hall–Kier alpha value is -3.13. The van der Waals surface area contributed by atoms with Crippen LogP contribution in [0.15, 0.2) is 29.2 Å². The highest BCUT2D eigenvalue weighted by Crippen LogP contribution is 2.47. The van der Waals surface area contributed by atoms with Gasteiger partial charge in [0.2, 0.25) is 5.75 Å². The minimum atomic E-state index is -3.63. The third-order valence-corrected chi connectivity index (χ3v) is 6.97. The van der Waals surface area contributed by atoms with Crippen molar-refractivity contribution in [1.29, 1.82) is 0 Å². The highest BCUT2D eigenvalue weighted by Gasteiger charge is 2.32. The van der Waals surface area contributed by atoms with E-state index in [0.717, 1.165) is 11.8 Å². The zero-order valence-corrected chi connectivity index (χ0v) is 22.8. The van der Waals surface area contributed by atoms with Gasteiger partial charge in [-0.05, 0) is 54.7 Å². The molecule has 2 aromatic carbocycles. The lowest BCUT2D eigenvalue weighted by Crippen LogP contribution is -2.10. The van der Waals surface area contributed by atoms with Gasteiger partial charge in [-0.2, -0.15) is 0 Å². The van der Waals surface area contributed by atoms with Crippen molar-refractivity contribution in [3.63, 3.8) is 0 Å². The Morgan fingerprint density at radius 2 is 1.49 bits per heavy atom. The summed E-state index contributed by atoms with van der Waals surface area (Å²) >= 11 is 0. The van der Waals surface area contributed by atoms with Crippen molar-refractivity contribution in [2.45, 2.75) is 43.3 Å². The molecule has 0 saturated carbocycles. The molecule has 2 aromatic rings. The van der Waals surface area contributed by atoms with Crippen LogP contribution in [0.2, 0.25) is 0 Å². The fraction of sp³-hybridized carbons (Fsp3) is 0.481. The van der Waals surface area contributed by atoms with E-state index in [0.29, 0.717) is 54.4 Å². The van der Waals surface area contributed by atoms with Crippen LogP contribution in [0.4, 0.5) is 0 Å². The first-order valence-electron chi connectivity index (χ1n) is 12.0. The summed E-state index contributed by atoms with van der Waals surface area (Å²) in [6.45, 7) is 2.54. The van der Waals surface area contributed by atoms with Gasteiger partial charge in [0.25, 0.3) is 0 Å². The SMILES string of the molecule is CCCOc1c(OCC#CCN)cc(C2CCC(c3cc(OC)c(OC)c(OC)c3)O2)cc1S(C)(=O)=O. The number of benzene rings is 2. The molecule has 0 radical (unpaired) electrons. The van der Waals surface area contributed by atoms with Crippen LogP contribution in [0.25, 0.3) is 0 Å². The predicted octanol–water partition coefficient (Wildman–Crippen LogP) is 3.84. The van der Waals surface area contributed by atoms with Gasteiger partial charge in [-0.15, -0.1) is 0 Å². The van der Waals surface area contributed by atoms with E-state index in [-0.39, 0.29) is 36.0 Å². The molecule has 0 aromatic heterocycles. The van der Waals surface area contributed by atoms with Crippen molar-refractivity contribution < 1.29 is 36.8 Å². The second-order valence-electron chi connectivity index (χ2n) is 8.46. The molecule has 0 aliphatic carbocycles. The van der Waals surface area contributed by atoms with Crippen LogP contribution in [-0.4, -0.2) is 55.8 Å². The van der Waals surface area contributed by atoms with E-state index in [1.54, 1.807) is 33.5 Å². The van der Waals surface area contributed by atoms with Crippen molar-refractivity contribution in [1.82, 2.24) is 0 Å². The maximum Gasteiger partial charge on any atom is 0.203 e. The molecule has 1 aliphatic heterocycles. The van der Waals surface area contributed by atoms with Gasteiger partial charge in [-0.1, -0.05) is 18.8 Å². The Morgan fingerprint density at radius 3 is 2.00 bits per heavy atom. The highest BCUT2D eigenvalue weighted by atomic mass is 32.2. The first-order valence-corrected chi connectivity index (χ1v) is 13.9. The number of hydrogen-bond acceptors (Lipinski definition) is 9. The molecule has 10 heteroatoms. The number of nitrogens with two attached hydrogens (primary N) is 1. The molecule has 1 fully saturated rings. The largest absolute Gasteiger partial charge is 0.493 e. The molecule has 2 unspecified atom stereocenters. The number of rotatable bonds is 11. The topological polar surface area (TPSA) is 116 Å². The average Bonchev–Trinajstić information content (AvgIpc) is 3.38. The Kier molecular flexibility index (Phi) is 9.92. The summed E-state index contributed by atoms with van der Waals surface area (Å²) < 4.78 is 59.9. The van der Waals surface area contributed by atoms with E-state index < -0.39 is 9.84 Å². The van der Waals surface area contributed by atoms with Crippen molar-refractivity contribution in [3.8, 4) is 40.6 Å². The van der Waals surface area contributed by atoms with Gasteiger partial charge in [-0.3, -0.25) is 0 Å². The number of ether oxygens (including phenoxy) is 6. The summed E-state index contributed by atoms with van der Waals surface area (Å²) in [5.41, 5.74) is 6.99. The van der Waals surface area contributed by atoms with Crippen LogP contribution in [-0.2, 0) is 14.6 Å². The van der Waals surface area contributed by atoms with Gasteiger partial charge in [-0.25, -0.2) is 8.42 Å². The molecule has 2 N–H and O–H groups in total. The number of methoxy groups -OCH3 is 3. The summed E-state index contributed by atoms with van der Waals surface area (Å²) in [5, 5.41) is 0. The van der Waals surface area contributed by atoms with Gasteiger partial charge in [0.1, 0.15) is 11.5 Å². The van der Waals surface area contributed by atoms with E-state index in [9.17, 15) is 8.42 Å². The zero-order valence-electron chi connectivity index (χ0n) is 22.0. The standard InChI is InChI=1S/C27H35NO8S/c1-6-12-35-27-24(34-13-8-7-11-28)16-19(17-25(27)37(5,29)30)21-10-9-20(36-21)18-14-22(31-2)26(33-4)23(15-18)32-3/h14-17,20-21H,6,9-13,28H2,1-5H3. The second kappa shape index (κ2) is 12.9. The van der Waals surface area contributed by atoms with E-state index in [1.165, 1.54) is 0 Å². The summed E-state index contributed by atoms with van der Waals surface area (Å²) in [7, 11) is 1.05. The molecular formula is C27H35NO8S. The summed E-state index contributed by atoms with van der Waals surface area (Å²) in [6.07, 6.45) is 2.63. The Balaban J connectivity index is 1.98. The molecule has 0 spiro atoms. The molecule has 1 heterocycles. The molecule has 1 saturated heterocycles. The molecule has 37 heavy (non-hydrogen) atoms. The molecule has 0 amide bonds. The smallest absolute Gasteiger partial charge is 0.203 e. The van der Waals surface area contributed by atoms with Gasteiger partial charge in [0.05, 0.1) is 46.7 Å². The van der Waals surface area contributed by atoms with E-state index >= 15 is 0 Å². The lowest BCUT2D eigenvalue weighted by molar-refractivity contribution is 0.0435. The van der Waals surface area contributed by atoms with Crippen LogP contribution in [0.1, 0.15) is 49.5 Å². The minimum absolute atomic E-state index is 0.0475. The van der Waals surface area contributed by atoms with Crippen LogP contribution in [0.5, 0.6) is 28.7 Å². The Bertz CT molecular complexity index is 1220. The third-order valence-electron chi connectivity index (χ3n) is 5.87. The monoisotopic (exact) mass is 533 g/mol. The lowest BCUT2D eigenvalue weighted by Gasteiger charge is -2.20. The Morgan fingerprint density at radius 1 is 0.892 bits per heavy atom. The summed E-state index contributed by atoms with van der Waals surface area (Å²) in [5.74, 6) is 7.60. The van der Waals surface area contributed by atoms with E-state index in [1.807, 2.05) is 19.1 Å². The van der Waals surface area contributed by atoms with Crippen LogP contribution in [0.3, 0.4) is 0 Å². The fourth-order valence-electron chi connectivity index (χ4n) is 4.16. The maximum absolute atomic E-state index is 12.7.